The molecule has 7 nitrogen and oxygen atoms in total. The minimum atomic E-state index is -0.284. The predicted octanol–water partition coefficient (Wildman–Crippen LogP) is 2.34. The van der Waals surface area contributed by atoms with E-state index in [0.717, 1.165) is 11.3 Å². The Balaban J connectivity index is 1.56. The van der Waals surface area contributed by atoms with Gasteiger partial charge in [0.25, 0.3) is 5.91 Å². The fraction of sp³-hybridized carbons (Fsp3) is 0.100. The van der Waals surface area contributed by atoms with Crippen LogP contribution in [0.25, 0.3) is 6.08 Å². The highest BCUT2D eigenvalue weighted by Gasteiger charge is 2.04. The highest BCUT2D eigenvalue weighted by molar-refractivity contribution is 6.01. The second-order valence-electron chi connectivity index (χ2n) is 5.74. The maximum Gasteiger partial charge on any atom is 0.251 e. The molecule has 0 saturated carbocycles. The summed E-state index contributed by atoms with van der Waals surface area (Å²) in [5.41, 5.74) is 2.27. The first-order valence-electron chi connectivity index (χ1n) is 8.38. The number of nitrogens with one attached hydrogen (secondary N) is 2. The Morgan fingerprint density at radius 3 is 2.63 bits per heavy atom. The van der Waals surface area contributed by atoms with Gasteiger partial charge in [-0.3, -0.25) is 19.3 Å². The lowest BCUT2D eigenvalue weighted by Gasteiger charge is -2.01. The van der Waals surface area contributed by atoms with Gasteiger partial charge in [0.05, 0.1) is 12.2 Å². The molecular weight excluding hydrogens is 342 g/mol. The Bertz CT molecular complexity index is 946. The molecule has 0 saturated heterocycles. The van der Waals surface area contributed by atoms with Gasteiger partial charge in [0.1, 0.15) is 0 Å². The van der Waals surface area contributed by atoms with Crippen molar-refractivity contribution in [3.8, 4) is 0 Å². The van der Waals surface area contributed by atoms with E-state index in [2.05, 4.69) is 20.7 Å². The van der Waals surface area contributed by atoms with Crippen LogP contribution in [0.2, 0.25) is 0 Å². The summed E-state index contributed by atoms with van der Waals surface area (Å²) < 4.78 is 1.71. The number of aromatic nitrogens is 3. The van der Waals surface area contributed by atoms with Gasteiger partial charge in [0, 0.05) is 37.1 Å². The normalized spacial score (nSPS) is 10.7. The number of amides is 2. The van der Waals surface area contributed by atoms with Crippen molar-refractivity contribution in [3.05, 3.63) is 83.8 Å². The minimum Gasteiger partial charge on any atom is -0.355 e. The molecule has 0 radical (unpaired) electrons. The number of carbonyl (C=O) groups is 2. The molecule has 27 heavy (non-hydrogen) atoms. The highest BCUT2D eigenvalue weighted by atomic mass is 16.2. The number of hydrogen-bond acceptors (Lipinski definition) is 4. The molecule has 2 amide bonds. The van der Waals surface area contributed by atoms with Gasteiger partial charge in [-0.15, -0.1) is 0 Å². The molecule has 0 fully saturated rings. The van der Waals surface area contributed by atoms with E-state index < -0.39 is 0 Å². The first kappa shape index (κ1) is 18.1. The zero-order chi connectivity index (χ0) is 19.1. The number of rotatable bonds is 6. The molecular formula is C20H19N5O2. The van der Waals surface area contributed by atoms with Gasteiger partial charge in [-0.25, -0.2) is 0 Å². The quantitative estimate of drug-likeness (QED) is 0.660. The van der Waals surface area contributed by atoms with E-state index >= 15 is 0 Å². The van der Waals surface area contributed by atoms with E-state index in [1.165, 1.54) is 6.08 Å². The average Bonchev–Trinajstić information content (AvgIpc) is 3.13. The zero-order valence-electron chi connectivity index (χ0n) is 14.8. The summed E-state index contributed by atoms with van der Waals surface area (Å²) in [6, 6.07) is 14.4. The topological polar surface area (TPSA) is 88.9 Å². The molecule has 1 aromatic carbocycles. The van der Waals surface area contributed by atoms with Crippen molar-refractivity contribution in [2.75, 3.05) is 12.4 Å². The number of hydrogen-bond donors (Lipinski definition) is 2. The van der Waals surface area contributed by atoms with Crippen LogP contribution in [0, 0.1) is 0 Å². The van der Waals surface area contributed by atoms with Gasteiger partial charge in [-0.2, -0.15) is 5.10 Å². The Morgan fingerprint density at radius 1 is 1.11 bits per heavy atom. The Hall–Kier alpha value is -3.74. The maximum atomic E-state index is 12.1. The molecule has 2 N–H and O–H groups in total. The minimum absolute atomic E-state index is 0.149. The summed E-state index contributed by atoms with van der Waals surface area (Å²) in [7, 11) is 1.58. The molecule has 2 aromatic heterocycles. The van der Waals surface area contributed by atoms with Gasteiger partial charge in [-0.1, -0.05) is 18.2 Å². The van der Waals surface area contributed by atoms with Crippen LogP contribution in [0.3, 0.4) is 0 Å². The van der Waals surface area contributed by atoms with Crippen molar-refractivity contribution in [1.82, 2.24) is 20.1 Å². The smallest absolute Gasteiger partial charge is 0.251 e. The van der Waals surface area contributed by atoms with Crippen LogP contribution in [-0.2, 0) is 11.3 Å². The van der Waals surface area contributed by atoms with Crippen LogP contribution in [-0.4, -0.2) is 33.6 Å². The van der Waals surface area contributed by atoms with Crippen LogP contribution in [0.1, 0.15) is 21.6 Å². The highest BCUT2D eigenvalue weighted by Crippen LogP contribution is 2.08. The largest absolute Gasteiger partial charge is 0.355 e. The van der Waals surface area contributed by atoms with E-state index in [1.807, 2.05) is 18.2 Å². The molecule has 3 rings (SSSR count). The fourth-order valence-electron chi connectivity index (χ4n) is 2.40. The molecule has 0 aliphatic carbocycles. The molecule has 7 heteroatoms. The van der Waals surface area contributed by atoms with E-state index in [-0.39, 0.29) is 11.8 Å². The summed E-state index contributed by atoms with van der Waals surface area (Å²) in [6.45, 7) is 0.532. The van der Waals surface area contributed by atoms with Crippen LogP contribution in [0.4, 0.5) is 5.82 Å². The fourth-order valence-corrected chi connectivity index (χ4v) is 2.40. The molecule has 0 spiro atoms. The molecule has 136 valence electrons. The summed E-state index contributed by atoms with van der Waals surface area (Å²) >= 11 is 0. The molecule has 0 aliphatic rings. The van der Waals surface area contributed by atoms with E-state index in [0.29, 0.717) is 17.9 Å². The molecule has 0 unspecified atom stereocenters. The SMILES string of the molecule is CNC(=O)c1ccc(/C=C/C(=O)Nc2ccn(Cc3ccccn3)n2)cc1. The summed E-state index contributed by atoms with van der Waals surface area (Å²) in [6.07, 6.45) is 6.61. The zero-order valence-corrected chi connectivity index (χ0v) is 14.8. The van der Waals surface area contributed by atoms with Gasteiger partial charge in [0.15, 0.2) is 5.82 Å². The number of pyridine rings is 1. The summed E-state index contributed by atoms with van der Waals surface area (Å²) in [5, 5.41) is 9.58. The van der Waals surface area contributed by atoms with Crippen molar-refractivity contribution < 1.29 is 9.59 Å². The van der Waals surface area contributed by atoms with Crippen molar-refractivity contribution in [2.24, 2.45) is 0 Å². The lowest BCUT2D eigenvalue weighted by atomic mass is 10.1. The number of carbonyl (C=O) groups excluding carboxylic acids is 2. The standard InChI is InChI=1S/C20H19N5O2/c1-21-20(27)16-8-5-15(6-9-16)7-10-19(26)23-18-11-13-25(24-18)14-17-4-2-3-12-22-17/h2-13H,14H2,1H3,(H,21,27)(H,23,24,26)/b10-7+. The third-order valence-corrected chi connectivity index (χ3v) is 3.77. The van der Waals surface area contributed by atoms with Crippen molar-refractivity contribution in [3.63, 3.8) is 0 Å². The first-order valence-corrected chi connectivity index (χ1v) is 8.38. The van der Waals surface area contributed by atoms with E-state index in [9.17, 15) is 9.59 Å². The second-order valence-corrected chi connectivity index (χ2v) is 5.74. The Kier molecular flexibility index (Phi) is 5.73. The molecule has 0 atom stereocenters. The van der Waals surface area contributed by atoms with Gasteiger partial charge >= 0.3 is 0 Å². The number of benzene rings is 1. The first-order chi connectivity index (χ1) is 13.1. The molecule has 3 aromatic rings. The summed E-state index contributed by atoms with van der Waals surface area (Å²) in [4.78, 5) is 27.8. The van der Waals surface area contributed by atoms with Crippen LogP contribution < -0.4 is 10.6 Å². The van der Waals surface area contributed by atoms with Crippen LogP contribution in [0.5, 0.6) is 0 Å². The molecule has 2 heterocycles. The number of anilines is 1. The van der Waals surface area contributed by atoms with Crippen LogP contribution >= 0.6 is 0 Å². The third kappa shape index (κ3) is 5.12. The van der Waals surface area contributed by atoms with Gasteiger partial charge < -0.3 is 10.6 Å². The average molecular weight is 361 g/mol. The third-order valence-electron chi connectivity index (χ3n) is 3.77. The molecule has 0 bridgehead atoms. The van der Waals surface area contributed by atoms with E-state index in [1.54, 1.807) is 60.5 Å². The lowest BCUT2D eigenvalue weighted by molar-refractivity contribution is -0.111. The van der Waals surface area contributed by atoms with Crippen molar-refractivity contribution in [2.45, 2.75) is 6.54 Å². The molecule has 0 aliphatic heterocycles. The maximum absolute atomic E-state index is 12.1. The van der Waals surface area contributed by atoms with Crippen molar-refractivity contribution >= 4 is 23.7 Å². The Morgan fingerprint density at radius 2 is 1.93 bits per heavy atom. The van der Waals surface area contributed by atoms with Crippen molar-refractivity contribution in [1.29, 1.82) is 0 Å². The lowest BCUT2D eigenvalue weighted by Crippen LogP contribution is -2.17. The Labute approximate surface area is 156 Å². The van der Waals surface area contributed by atoms with Gasteiger partial charge in [-0.05, 0) is 35.9 Å². The number of nitrogens with zero attached hydrogens (tertiary/aromatic N) is 3. The predicted molar refractivity (Wildman–Crippen MR) is 103 cm³/mol. The summed E-state index contributed by atoms with van der Waals surface area (Å²) in [5.74, 6) is 0.0357. The second kappa shape index (κ2) is 8.57. The van der Waals surface area contributed by atoms with E-state index in [4.69, 9.17) is 0 Å². The van der Waals surface area contributed by atoms with Crippen LogP contribution in [0.15, 0.2) is 67.0 Å². The monoisotopic (exact) mass is 361 g/mol. The van der Waals surface area contributed by atoms with Gasteiger partial charge in [0.2, 0.25) is 5.91 Å².